The molecule has 3 nitrogen and oxygen atoms in total. The van der Waals surface area contributed by atoms with Crippen molar-refractivity contribution in [3.05, 3.63) is 22.2 Å². The van der Waals surface area contributed by atoms with Crippen LogP contribution in [-0.4, -0.2) is 24.9 Å². The van der Waals surface area contributed by atoms with E-state index < -0.39 is 0 Å². The summed E-state index contributed by atoms with van der Waals surface area (Å²) in [7, 11) is 0. The van der Waals surface area contributed by atoms with Gasteiger partial charge in [0.2, 0.25) is 0 Å². The standard InChI is InChI=1S/C14H19BrO3/c1-14(2)8-17-12-6-10(4-3-5-16)11(15)7-13(12)18-9-14/h6-7,16H,3-5,8-9H2,1-2H3. The van der Waals surface area contributed by atoms with Gasteiger partial charge in [-0.3, -0.25) is 0 Å². The average molecular weight is 315 g/mol. The van der Waals surface area contributed by atoms with Crippen LogP contribution in [0, 0.1) is 5.41 Å². The van der Waals surface area contributed by atoms with Crippen LogP contribution in [0.5, 0.6) is 11.5 Å². The molecule has 0 saturated heterocycles. The fraction of sp³-hybridized carbons (Fsp3) is 0.571. The number of aryl methyl sites for hydroxylation is 1. The third kappa shape index (κ3) is 3.18. The SMILES string of the molecule is CC1(C)COc2cc(Br)c(CCCO)cc2OC1. The molecule has 1 aromatic carbocycles. The van der Waals surface area contributed by atoms with Gasteiger partial charge in [-0.2, -0.15) is 0 Å². The van der Waals surface area contributed by atoms with E-state index in [0.717, 1.165) is 34.4 Å². The molecule has 1 aliphatic rings. The zero-order chi connectivity index (χ0) is 13.2. The van der Waals surface area contributed by atoms with Crippen molar-refractivity contribution in [2.45, 2.75) is 26.7 Å². The van der Waals surface area contributed by atoms with Crippen molar-refractivity contribution < 1.29 is 14.6 Å². The maximum absolute atomic E-state index is 8.90. The molecule has 1 N–H and O–H groups in total. The molecule has 0 spiro atoms. The molecule has 2 rings (SSSR count). The molecule has 0 aliphatic carbocycles. The highest BCUT2D eigenvalue weighted by molar-refractivity contribution is 9.10. The summed E-state index contributed by atoms with van der Waals surface area (Å²) in [4.78, 5) is 0. The molecular formula is C14H19BrO3. The topological polar surface area (TPSA) is 38.7 Å². The van der Waals surface area contributed by atoms with Crippen LogP contribution in [-0.2, 0) is 6.42 Å². The summed E-state index contributed by atoms with van der Waals surface area (Å²) in [6, 6.07) is 3.97. The lowest BCUT2D eigenvalue weighted by molar-refractivity contribution is 0.140. The Labute approximate surface area is 116 Å². The molecule has 100 valence electrons. The van der Waals surface area contributed by atoms with E-state index in [9.17, 15) is 0 Å². The van der Waals surface area contributed by atoms with Gasteiger partial charge in [0.1, 0.15) is 0 Å². The van der Waals surface area contributed by atoms with E-state index in [-0.39, 0.29) is 12.0 Å². The number of rotatable bonds is 3. The summed E-state index contributed by atoms with van der Waals surface area (Å²) in [6.45, 7) is 5.76. The summed E-state index contributed by atoms with van der Waals surface area (Å²) in [5.74, 6) is 1.59. The summed E-state index contributed by atoms with van der Waals surface area (Å²) in [5.41, 5.74) is 1.17. The van der Waals surface area contributed by atoms with E-state index in [1.165, 1.54) is 0 Å². The molecule has 1 heterocycles. The van der Waals surface area contributed by atoms with Gasteiger partial charge in [-0.1, -0.05) is 29.8 Å². The first-order valence-corrected chi connectivity index (χ1v) is 7.00. The molecule has 0 bridgehead atoms. The molecule has 0 aromatic heterocycles. The molecule has 0 saturated carbocycles. The van der Waals surface area contributed by atoms with E-state index in [1.807, 2.05) is 12.1 Å². The van der Waals surface area contributed by atoms with Crippen molar-refractivity contribution in [1.29, 1.82) is 0 Å². The van der Waals surface area contributed by atoms with E-state index in [2.05, 4.69) is 29.8 Å². The number of aliphatic hydroxyl groups excluding tert-OH is 1. The largest absolute Gasteiger partial charge is 0.489 e. The Morgan fingerprint density at radius 1 is 1.22 bits per heavy atom. The number of ether oxygens (including phenoxy) is 2. The maximum Gasteiger partial charge on any atom is 0.162 e. The highest BCUT2D eigenvalue weighted by atomic mass is 79.9. The van der Waals surface area contributed by atoms with Crippen LogP contribution in [0.3, 0.4) is 0 Å². The second-order valence-electron chi connectivity index (χ2n) is 5.46. The lowest BCUT2D eigenvalue weighted by Crippen LogP contribution is -2.26. The predicted molar refractivity (Wildman–Crippen MR) is 74.3 cm³/mol. The third-order valence-corrected chi connectivity index (χ3v) is 3.69. The van der Waals surface area contributed by atoms with Crippen molar-refractivity contribution in [3.63, 3.8) is 0 Å². The lowest BCUT2D eigenvalue weighted by atomic mass is 9.97. The lowest BCUT2D eigenvalue weighted by Gasteiger charge is -2.19. The minimum atomic E-state index is 0.0246. The Balaban J connectivity index is 2.24. The molecule has 4 heteroatoms. The number of benzene rings is 1. The summed E-state index contributed by atoms with van der Waals surface area (Å²) in [6.07, 6.45) is 1.58. The number of fused-ring (bicyclic) bond motifs is 1. The van der Waals surface area contributed by atoms with Gasteiger partial charge in [-0.05, 0) is 30.5 Å². The fourth-order valence-electron chi connectivity index (χ4n) is 1.85. The summed E-state index contributed by atoms with van der Waals surface area (Å²) < 4.78 is 12.6. The number of hydrogen-bond donors (Lipinski definition) is 1. The van der Waals surface area contributed by atoms with Gasteiger partial charge in [0.15, 0.2) is 11.5 Å². The van der Waals surface area contributed by atoms with Crippen LogP contribution in [0.2, 0.25) is 0 Å². The molecular weight excluding hydrogens is 296 g/mol. The normalized spacial score (nSPS) is 17.3. The fourth-order valence-corrected chi connectivity index (χ4v) is 2.37. The molecule has 1 aromatic rings. The number of hydrogen-bond acceptors (Lipinski definition) is 3. The first-order valence-electron chi connectivity index (χ1n) is 6.21. The Hall–Kier alpha value is -0.740. The molecule has 0 radical (unpaired) electrons. The first kappa shape index (κ1) is 13.7. The van der Waals surface area contributed by atoms with Gasteiger partial charge < -0.3 is 14.6 Å². The maximum atomic E-state index is 8.90. The minimum absolute atomic E-state index is 0.0246. The van der Waals surface area contributed by atoms with Crippen molar-refractivity contribution in [2.24, 2.45) is 5.41 Å². The second kappa shape index (κ2) is 5.49. The molecule has 0 amide bonds. The molecule has 0 unspecified atom stereocenters. The van der Waals surface area contributed by atoms with Crippen molar-refractivity contribution in [3.8, 4) is 11.5 Å². The first-order chi connectivity index (χ1) is 8.52. The molecule has 1 aliphatic heterocycles. The molecule has 0 atom stereocenters. The average Bonchev–Trinajstić information content (AvgIpc) is 2.46. The van der Waals surface area contributed by atoms with Crippen molar-refractivity contribution >= 4 is 15.9 Å². The van der Waals surface area contributed by atoms with Crippen LogP contribution in [0.4, 0.5) is 0 Å². The van der Waals surface area contributed by atoms with Crippen LogP contribution in [0.1, 0.15) is 25.8 Å². The van der Waals surface area contributed by atoms with Gasteiger partial charge in [0, 0.05) is 16.5 Å². The van der Waals surface area contributed by atoms with E-state index in [4.69, 9.17) is 14.6 Å². The summed E-state index contributed by atoms with van der Waals surface area (Å²) >= 11 is 3.54. The summed E-state index contributed by atoms with van der Waals surface area (Å²) in [5, 5.41) is 8.90. The van der Waals surface area contributed by atoms with E-state index >= 15 is 0 Å². The minimum Gasteiger partial charge on any atom is -0.489 e. The highest BCUT2D eigenvalue weighted by Crippen LogP contribution is 2.38. The molecule has 18 heavy (non-hydrogen) atoms. The van der Waals surface area contributed by atoms with Gasteiger partial charge >= 0.3 is 0 Å². The van der Waals surface area contributed by atoms with Crippen LogP contribution in [0.15, 0.2) is 16.6 Å². The molecule has 0 fully saturated rings. The quantitative estimate of drug-likeness (QED) is 0.931. The number of aliphatic hydroxyl groups is 1. The highest BCUT2D eigenvalue weighted by Gasteiger charge is 2.25. The van der Waals surface area contributed by atoms with E-state index in [1.54, 1.807) is 0 Å². The monoisotopic (exact) mass is 314 g/mol. The van der Waals surface area contributed by atoms with Crippen molar-refractivity contribution in [2.75, 3.05) is 19.8 Å². The van der Waals surface area contributed by atoms with Crippen molar-refractivity contribution in [1.82, 2.24) is 0 Å². The van der Waals surface area contributed by atoms with Crippen LogP contribution < -0.4 is 9.47 Å². The zero-order valence-corrected chi connectivity index (χ0v) is 12.4. The van der Waals surface area contributed by atoms with Gasteiger partial charge in [-0.15, -0.1) is 0 Å². The number of halogens is 1. The Morgan fingerprint density at radius 2 is 1.83 bits per heavy atom. The predicted octanol–water partition coefficient (Wildman–Crippen LogP) is 3.17. The zero-order valence-electron chi connectivity index (χ0n) is 10.8. The van der Waals surface area contributed by atoms with Gasteiger partial charge in [0.25, 0.3) is 0 Å². The third-order valence-electron chi connectivity index (χ3n) is 2.95. The smallest absolute Gasteiger partial charge is 0.162 e. The Kier molecular flexibility index (Phi) is 4.17. The second-order valence-corrected chi connectivity index (χ2v) is 6.31. The Morgan fingerprint density at radius 3 is 2.44 bits per heavy atom. The van der Waals surface area contributed by atoms with Gasteiger partial charge in [-0.25, -0.2) is 0 Å². The van der Waals surface area contributed by atoms with Gasteiger partial charge in [0.05, 0.1) is 13.2 Å². The van der Waals surface area contributed by atoms with Crippen LogP contribution in [0.25, 0.3) is 0 Å². The van der Waals surface area contributed by atoms with Crippen LogP contribution >= 0.6 is 15.9 Å². The van der Waals surface area contributed by atoms with E-state index in [0.29, 0.717) is 13.2 Å². The Bertz CT molecular complexity index is 429.